The molecule has 0 amide bonds. The number of hydrogen-bond acceptors (Lipinski definition) is 2. The standard InChI is InChI=1S/C15H16Br2FNS/c1-2-7-19-13(14-5-6-15(17)20-14)9-10-8-11(16)3-4-12(10)18/h3-6,8,13,19H,2,7,9H2,1H3. The van der Waals surface area contributed by atoms with Gasteiger partial charge in [-0.1, -0.05) is 22.9 Å². The lowest BCUT2D eigenvalue weighted by Crippen LogP contribution is -2.23. The van der Waals surface area contributed by atoms with Gasteiger partial charge in [-0.05, 0) is 71.2 Å². The van der Waals surface area contributed by atoms with Gasteiger partial charge in [-0.2, -0.15) is 0 Å². The van der Waals surface area contributed by atoms with Crippen LogP contribution in [0.1, 0.15) is 29.8 Å². The fourth-order valence-electron chi connectivity index (χ4n) is 2.03. The van der Waals surface area contributed by atoms with Crippen LogP contribution in [0.25, 0.3) is 0 Å². The molecule has 0 radical (unpaired) electrons. The fourth-order valence-corrected chi connectivity index (χ4v) is 3.93. The maximum Gasteiger partial charge on any atom is 0.126 e. The molecule has 0 aliphatic heterocycles. The van der Waals surface area contributed by atoms with Gasteiger partial charge in [0.25, 0.3) is 0 Å². The summed E-state index contributed by atoms with van der Waals surface area (Å²) in [5, 5.41) is 3.50. The lowest BCUT2D eigenvalue weighted by molar-refractivity contribution is 0.519. The highest BCUT2D eigenvalue weighted by Crippen LogP contribution is 2.30. The van der Waals surface area contributed by atoms with E-state index in [1.807, 2.05) is 12.1 Å². The monoisotopic (exact) mass is 419 g/mol. The van der Waals surface area contributed by atoms with Crippen LogP contribution in [0.2, 0.25) is 0 Å². The summed E-state index contributed by atoms with van der Waals surface area (Å²) in [6, 6.07) is 9.39. The van der Waals surface area contributed by atoms with Crippen molar-refractivity contribution in [3.63, 3.8) is 0 Å². The highest BCUT2D eigenvalue weighted by Gasteiger charge is 2.16. The Labute approximate surface area is 139 Å². The van der Waals surface area contributed by atoms with Crippen molar-refractivity contribution >= 4 is 43.2 Å². The predicted octanol–water partition coefficient (Wildman–Crippen LogP) is 5.70. The molecule has 0 spiro atoms. The molecule has 0 fully saturated rings. The third kappa shape index (κ3) is 4.38. The van der Waals surface area contributed by atoms with E-state index in [4.69, 9.17) is 0 Å². The van der Waals surface area contributed by atoms with E-state index in [9.17, 15) is 4.39 Å². The van der Waals surface area contributed by atoms with Gasteiger partial charge in [0.1, 0.15) is 5.82 Å². The van der Waals surface area contributed by atoms with Gasteiger partial charge in [0.15, 0.2) is 0 Å². The molecule has 108 valence electrons. The molecule has 1 N–H and O–H groups in total. The maximum absolute atomic E-state index is 13.9. The van der Waals surface area contributed by atoms with Crippen LogP contribution in [0.4, 0.5) is 4.39 Å². The van der Waals surface area contributed by atoms with Crippen molar-refractivity contribution in [3.8, 4) is 0 Å². The quantitative estimate of drug-likeness (QED) is 0.632. The first-order valence-corrected chi connectivity index (χ1v) is 8.93. The highest BCUT2D eigenvalue weighted by molar-refractivity contribution is 9.11. The first-order valence-electron chi connectivity index (χ1n) is 6.52. The average Bonchev–Trinajstić information content (AvgIpc) is 2.85. The van der Waals surface area contributed by atoms with Crippen LogP contribution in [0, 0.1) is 5.82 Å². The second-order valence-corrected chi connectivity index (χ2v) is 8.00. The molecule has 0 aliphatic rings. The van der Waals surface area contributed by atoms with E-state index in [-0.39, 0.29) is 11.9 Å². The van der Waals surface area contributed by atoms with Crippen molar-refractivity contribution in [2.75, 3.05) is 6.54 Å². The molecule has 0 bridgehead atoms. The van der Waals surface area contributed by atoms with Gasteiger partial charge in [-0.15, -0.1) is 11.3 Å². The molecule has 1 nitrogen and oxygen atoms in total. The molecule has 2 rings (SSSR count). The van der Waals surface area contributed by atoms with E-state index in [1.54, 1.807) is 17.4 Å². The van der Waals surface area contributed by atoms with Crippen LogP contribution < -0.4 is 5.32 Å². The topological polar surface area (TPSA) is 12.0 Å². The summed E-state index contributed by atoms with van der Waals surface area (Å²) < 4.78 is 15.9. The number of thiophene rings is 1. The minimum atomic E-state index is -0.146. The van der Waals surface area contributed by atoms with Crippen molar-refractivity contribution in [3.05, 3.63) is 54.8 Å². The molecule has 1 atom stereocenters. The Kier molecular flexibility index (Phi) is 6.20. The molecular formula is C15H16Br2FNS. The zero-order valence-electron chi connectivity index (χ0n) is 11.1. The number of rotatable bonds is 6. The zero-order chi connectivity index (χ0) is 14.5. The van der Waals surface area contributed by atoms with Crippen molar-refractivity contribution in [1.29, 1.82) is 0 Å². The van der Waals surface area contributed by atoms with Crippen molar-refractivity contribution in [1.82, 2.24) is 5.32 Å². The van der Waals surface area contributed by atoms with E-state index < -0.39 is 0 Å². The Morgan fingerprint density at radius 1 is 1.25 bits per heavy atom. The predicted molar refractivity (Wildman–Crippen MR) is 90.9 cm³/mol. The molecule has 5 heteroatoms. The van der Waals surface area contributed by atoms with E-state index in [0.29, 0.717) is 6.42 Å². The van der Waals surface area contributed by atoms with Crippen LogP contribution in [0.3, 0.4) is 0 Å². The average molecular weight is 421 g/mol. The first kappa shape index (κ1) is 16.1. The van der Waals surface area contributed by atoms with Crippen molar-refractivity contribution in [2.24, 2.45) is 0 Å². The lowest BCUT2D eigenvalue weighted by Gasteiger charge is -2.18. The Hall–Kier alpha value is -0.230. The molecule has 1 aromatic heterocycles. The van der Waals surface area contributed by atoms with Crippen LogP contribution in [-0.4, -0.2) is 6.54 Å². The van der Waals surface area contributed by atoms with Gasteiger partial charge >= 0.3 is 0 Å². The Bertz CT molecular complexity index is 571. The summed E-state index contributed by atoms with van der Waals surface area (Å²) in [7, 11) is 0. The van der Waals surface area contributed by atoms with E-state index in [0.717, 1.165) is 26.8 Å². The summed E-state index contributed by atoms with van der Waals surface area (Å²) in [6.07, 6.45) is 1.71. The summed E-state index contributed by atoms with van der Waals surface area (Å²) in [6.45, 7) is 3.06. The second-order valence-electron chi connectivity index (χ2n) is 4.59. The van der Waals surface area contributed by atoms with Gasteiger partial charge in [-0.3, -0.25) is 0 Å². The molecular weight excluding hydrogens is 405 g/mol. The SMILES string of the molecule is CCCNC(Cc1cc(Br)ccc1F)c1ccc(Br)s1. The Morgan fingerprint density at radius 2 is 2.05 bits per heavy atom. The second kappa shape index (κ2) is 7.69. The molecule has 2 aromatic rings. The normalized spacial score (nSPS) is 12.6. The van der Waals surface area contributed by atoms with Gasteiger partial charge in [0.2, 0.25) is 0 Å². The summed E-state index contributed by atoms with van der Waals surface area (Å²) in [5.74, 6) is -0.146. The third-order valence-electron chi connectivity index (χ3n) is 3.01. The lowest BCUT2D eigenvalue weighted by atomic mass is 10.0. The minimum Gasteiger partial charge on any atom is -0.309 e. The largest absolute Gasteiger partial charge is 0.309 e. The van der Waals surface area contributed by atoms with Gasteiger partial charge in [0, 0.05) is 15.4 Å². The van der Waals surface area contributed by atoms with Crippen LogP contribution in [0.5, 0.6) is 0 Å². The molecule has 20 heavy (non-hydrogen) atoms. The van der Waals surface area contributed by atoms with E-state index in [1.165, 1.54) is 10.9 Å². The van der Waals surface area contributed by atoms with Crippen LogP contribution in [-0.2, 0) is 6.42 Å². The van der Waals surface area contributed by atoms with E-state index >= 15 is 0 Å². The smallest absolute Gasteiger partial charge is 0.126 e. The maximum atomic E-state index is 13.9. The summed E-state index contributed by atoms with van der Waals surface area (Å²) >= 11 is 8.59. The Balaban J connectivity index is 2.21. The molecule has 1 aromatic carbocycles. The van der Waals surface area contributed by atoms with E-state index in [2.05, 4.69) is 50.2 Å². The van der Waals surface area contributed by atoms with Gasteiger partial charge in [-0.25, -0.2) is 4.39 Å². The van der Waals surface area contributed by atoms with Gasteiger partial charge < -0.3 is 5.32 Å². The summed E-state index contributed by atoms with van der Waals surface area (Å²) in [5.41, 5.74) is 0.734. The Morgan fingerprint density at radius 3 is 2.70 bits per heavy atom. The van der Waals surface area contributed by atoms with Gasteiger partial charge in [0.05, 0.1) is 3.79 Å². The van der Waals surface area contributed by atoms with Crippen molar-refractivity contribution in [2.45, 2.75) is 25.8 Å². The van der Waals surface area contributed by atoms with Crippen LogP contribution >= 0.6 is 43.2 Å². The first-order chi connectivity index (χ1) is 9.60. The number of halogens is 3. The number of nitrogens with one attached hydrogen (secondary N) is 1. The number of hydrogen-bond donors (Lipinski definition) is 1. The third-order valence-corrected chi connectivity index (χ3v) is 5.24. The molecule has 1 unspecified atom stereocenters. The molecule has 0 saturated carbocycles. The minimum absolute atomic E-state index is 0.146. The summed E-state index contributed by atoms with van der Waals surface area (Å²) in [4.78, 5) is 1.23. The molecule has 0 aliphatic carbocycles. The van der Waals surface area contributed by atoms with Crippen LogP contribution in [0.15, 0.2) is 38.6 Å². The van der Waals surface area contributed by atoms with Crippen molar-refractivity contribution < 1.29 is 4.39 Å². The molecule has 0 saturated heterocycles. The highest BCUT2D eigenvalue weighted by atomic mass is 79.9. The fraction of sp³-hybridized carbons (Fsp3) is 0.333. The molecule has 1 heterocycles. The zero-order valence-corrected chi connectivity index (χ0v) is 15.1. The number of benzene rings is 1.